The smallest absolute Gasteiger partial charge is 0.108 e. The van der Waals surface area contributed by atoms with Crippen LogP contribution in [0.3, 0.4) is 0 Å². The molecule has 5 atom stereocenters. The van der Waals surface area contributed by atoms with E-state index in [-0.39, 0.29) is 5.92 Å². The molecule has 0 aromatic rings. The van der Waals surface area contributed by atoms with Crippen molar-refractivity contribution >= 4 is 0 Å². The van der Waals surface area contributed by atoms with Crippen LogP contribution in [0.1, 0.15) is 6.92 Å². The lowest BCUT2D eigenvalue weighted by molar-refractivity contribution is -0.0257. The quantitative estimate of drug-likeness (QED) is 0.320. The van der Waals surface area contributed by atoms with Gasteiger partial charge in [-0.2, -0.15) is 0 Å². The van der Waals surface area contributed by atoms with E-state index in [1.165, 1.54) is 0 Å². The predicted octanol–water partition coefficient (Wildman–Crippen LogP) is -1.95. The van der Waals surface area contributed by atoms with Gasteiger partial charge in [-0.25, -0.2) is 0 Å². The summed E-state index contributed by atoms with van der Waals surface area (Å²) in [6.45, 7) is 1.70. The first-order chi connectivity index (χ1) is 4.55. The van der Waals surface area contributed by atoms with Crippen molar-refractivity contribution in [2.75, 3.05) is 0 Å². The second-order valence-corrected chi connectivity index (χ2v) is 2.91. The van der Waals surface area contributed by atoms with Crippen LogP contribution in [-0.4, -0.2) is 39.7 Å². The van der Waals surface area contributed by atoms with Gasteiger partial charge in [0.2, 0.25) is 0 Å². The molecule has 0 heterocycles. The van der Waals surface area contributed by atoms with Gasteiger partial charge in [0.05, 0.1) is 12.2 Å². The summed E-state index contributed by atoms with van der Waals surface area (Å²) < 4.78 is 0. The molecule has 0 spiro atoms. The third-order valence-electron chi connectivity index (χ3n) is 2.24. The van der Waals surface area contributed by atoms with Gasteiger partial charge in [-0.3, -0.25) is 0 Å². The second kappa shape index (κ2) is 2.47. The van der Waals surface area contributed by atoms with E-state index in [0.29, 0.717) is 0 Å². The van der Waals surface area contributed by atoms with Crippen molar-refractivity contribution in [3.05, 3.63) is 0 Å². The fourth-order valence-corrected chi connectivity index (χ4v) is 1.28. The van der Waals surface area contributed by atoms with Gasteiger partial charge in [-0.1, -0.05) is 6.92 Å². The SMILES string of the molecule is C[C@@H]1[C@H](N)[C@@H](O)[C@@H](O)[C@H]1O. The molecule has 60 valence electrons. The Hall–Kier alpha value is -0.160. The molecule has 0 aliphatic heterocycles. The van der Waals surface area contributed by atoms with Gasteiger partial charge in [-0.15, -0.1) is 0 Å². The fraction of sp³-hybridized carbons (Fsp3) is 1.00. The molecule has 1 aliphatic carbocycles. The zero-order chi connectivity index (χ0) is 7.89. The second-order valence-electron chi connectivity index (χ2n) is 2.91. The molecule has 0 unspecified atom stereocenters. The molecular weight excluding hydrogens is 134 g/mol. The number of nitrogens with two attached hydrogens (primary N) is 1. The van der Waals surface area contributed by atoms with Crippen LogP contribution in [0.2, 0.25) is 0 Å². The number of rotatable bonds is 0. The highest BCUT2D eigenvalue weighted by atomic mass is 16.4. The highest BCUT2D eigenvalue weighted by molar-refractivity contribution is 4.98. The molecule has 1 saturated carbocycles. The molecule has 0 aromatic carbocycles. The van der Waals surface area contributed by atoms with Crippen LogP contribution in [0, 0.1) is 5.92 Å². The first-order valence-corrected chi connectivity index (χ1v) is 3.35. The summed E-state index contributed by atoms with van der Waals surface area (Å²) in [5, 5.41) is 27.2. The lowest BCUT2D eigenvalue weighted by atomic mass is 10.1. The highest BCUT2D eigenvalue weighted by Gasteiger charge is 2.44. The minimum Gasteiger partial charge on any atom is -0.390 e. The Labute approximate surface area is 59.3 Å². The maximum Gasteiger partial charge on any atom is 0.108 e. The van der Waals surface area contributed by atoms with E-state index < -0.39 is 24.4 Å². The van der Waals surface area contributed by atoms with Gasteiger partial charge in [0, 0.05) is 12.0 Å². The zero-order valence-electron chi connectivity index (χ0n) is 5.81. The lowest BCUT2D eigenvalue weighted by Gasteiger charge is -2.12. The van der Waals surface area contributed by atoms with Crippen molar-refractivity contribution in [2.45, 2.75) is 31.3 Å². The van der Waals surface area contributed by atoms with Crippen molar-refractivity contribution in [2.24, 2.45) is 11.7 Å². The van der Waals surface area contributed by atoms with E-state index in [2.05, 4.69) is 0 Å². The monoisotopic (exact) mass is 147 g/mol. The number of hydrogen-bond acceptors (Lipinski definition) is 4. The van der Waals surface area contributed by atoms with Crippen molar-refractivity contribution in [3.8, 4) is 0 Å². The first kappa shape index (κ1) is 7.94. The molecule has 4 nitrogen and oxygen atoms in total. The summed E-state index contributed by atoms with van der Waals surface area (Å²) in [6.07, 6.45) is -2.94. The van der Waals surface area contributed by atoms with Crippen LogP contribution < -0.4 is 5.73 Å². The zero-order valence-corrected chi connectivity index (χ0v) is 5.81. The molecule has 0 amide bonds. The fourth-order valence-electron chi connectivity index (χ4n) is 1.28. The molecule has 0 saturated heterocycles. The molecule has 5 N–H and O–H groups in total. The summed E-state index contributed by atoms with van der Waals surface area (Å²) >= 11 is 0. The summed E-state index contributed by atoms with van der Waals surface area (Å²) in [7, 11) is 0. The molecule has 4 heteroatoms. The van der Waals surface area contributed by atoms with Gasteiger partial charge >= 0.3 is 0 Å². The Morgan fingerprint density at radius 1 is 1.00 bits per heavy atom. The van der Waals surface area contributed by atoms with Crippen LogP contribution in [0.4, 0.5) is 0 Å². The topological polar surface area (TPSA) is 86.7 Å². The van der Waals surface area contributed by atoms with E-state index in [1.807, 2.05) is 0 Å². The standard InChI is InChI=1S/C6H13NO3/c1-2-3(7)5(9)6(10)4(2)8/h2-6,8-10H,7H2,1H3/t2-,3+,4+,5-,6+/m1/s1. The van der Waals surface area contributed by atoms with E-state index in [0.717, 1.165) is 0 Å². The normalized spacial score (nSPS) is 55.5. The third kappa shape index (κ3) is 0.932. The van der Waals surface area contributed by atoms with Gasteiger partial charge in [0.15, 0.2) is 0 Å². The van der Waals surface area contributed by atoms with Gasteiger partial charge in [-0.05, 0) is 0 Å². The minimum atomic E-state index is -1.08. The lowest BCUT2D eigenvalue weighted by Crippen LogP contribution is -2.37. The maximum atomic E-state index is 9.12. The average molecular weight is 147 g/mol. The van der Waals surface area contributed by atoms with Crippen molar-refractivity contribution < 1.29 is 15.3 Å². The van der Waals surface area contributed by atoms with E-state index >= 15 is 0 Å². The highest BCUT2D eigenvalue weighted by Crippen LogP contribution is 2.24. The summed E-state index contributed by atoms with van der Waals surface area (Å²) in [5.41, 5.74) is 5.43. The van der Waals surface area contributed by atoms with Crippen LogP contribution in [0.5, 0.6) is 0 Å². The molecule has 1 aliphatic rings. The number of aliphatic hydroxyl groups is 3. The molecule has 1 fully saturated rings. The van der Waals surface area contributed by atoms with E-state index in [9.17, 15) is 0 Å². The Morgan fingerprint density at radius 2 is 1.50 bits per heavy atom. The Bertz CT molecular complexity index is 85.3. The summed E-state index contributed by atoms with van der Waals surface area (Å²) in [6, 6.07) is -0.509. The summed E-state index contributed by atoms with van der Waals surface area (Å²) in [5.74, 6) is -0.231. The minimum absolute atomic E-state index is 0.231. The number of aliphatic hydroxyl groups excluding tert-OH is 3. The van der Waals surface area contributed by atoms with E-state index in [1.54, 1.807) is 6.92 Å². The van der Waals surface area contributed by atoms with Crippen molar-refractivity contribution in [1.82, 2.24) is 0 Å². The molecule has 0 bridgehead atoms. The van der Waals surface area contributed by atoms with Crippen LogP contribution in [-0.2, 0) is 0 Å². The molecule has 0 radical (unpaired) electrons. The van der Waals surface area contributed by atoms with Crippen molar-refractivity contribution in [1.29, 1.82) is 0 Å². The Kier molecular flexibility index (Phi) is 1.96. The Morgan fingerprint density at radius 3 is 1.60 bits per heavy atom. The van der Waals surface area contributed by atoms with Crippen LogP contribution in [0.25, 0.3) is 0 Å². The van der Waals surface area contributed by atoms with Crippen LogP contribution >= 0.6 is 0 Å². The molecule has 0 aromatic heterocycles. The molecule has 10 heavy (non-hydrogen) atoms. The van der Waals surface area contributed by atoms with Crippen molar-refractivity contribution in [3.63, 3.8) is 0 Å². The van der Waals surface area contributed by atoms with Gasteiger partial charge in [0.1, 0.15) is 6.10 Å². The average Bonchev–Trinajstić information content (AvgIpc) is 2.07. The summed E-state index contributed by atoms with van der Waals surface area (Å²) in [4.78, 5) is 0. The maximum absolute atomic E-state index is 9.12. The molecular formula is C6H13NO3. The Balaban J connectivity index is 2.68. The largest absolute Gasteiger partial charge is 0.390 e. The predicted molar refractivity (Wildman–Crippen MR) is 35.2 cm³/mol. The van der Waals surface area contributed by atoms with Gasteiger partial charge < -0.3 is 21.1 Å². The first-order valence-electron chi connectivity index (χ1n) is 3.35. The molecule has 1 rings (SSSR count). The third-order valence-corrected chi connectivity index (χ3v) is 2.24. The van der Waals surface area contributed by atoms with Gasteiger partial charge in [0.25, 0.3) is 0 Å². The van der Waals surface area contributed by atoms with E-state index in [4.69, 9.17) is 21.1 Å². The number of hydrogen-bond donors (Lipinski definition) is 4. The van der Waals surface area contributed by atoms with Crippen LogP contribution in [0.15, 0.2) is 0 Å².